The van der Waals surface area contributed by atoms with Gasteiger partial charge < -0.3 is 21.3 Å². The first kappa shape index (κ1) is 17.0. The Morgan fingerprint density at radius 1 is 1.46 bits per heavy atom. The Morgan fingerprint density at radius 2 is 2.25 bits per heavy atom. The molecule has 0 radical (unpaired) electrons. The minimum Gasteiger partial charge on any atom is -0.356 e. The van der Waals surface area contributed by atoms with Crippen LogP contribution in [0.25, 0.3) is 0 Å². The lowest BCUT2D eigenvalue weighted by Gasteiger charge is -2.35. The van der Waals surface area contributed by atoms with E-state index in [2.05, 4.69) is 10.6 Å². The van der Waals surface area contributed by atoms with Crippen LogP contribution in [0.1, 0.15) is 25.7 Å². The van der Waals surface area contributed by atoms with Gasteiger partial charge in [0.1, 0.15) is 12.1 Å². The zero-order valence-electron chi connectivity index (χ0n) is 13.2. The molecule has 5 atom stereocenters. The number of rotatable bonds is 4. The molecule has 9 heteroatoms. The second-order valence-corrected chi connectivity index (χ2v) is 7.65. The summed E-state index contributed by atoms with van der Waals surface area (Å²) in [5.74, 6) is -0.335. The first-order valence-electron chi connectivity index (χ1n) is 8.18. The number of nitrogens with zero attached hydrogens (tertiary/aromatic N) is 2. The molecule has 4 unspecified atom stereocenters. The fraction of sp³-hybridized carbons (Fsp3) is 0.733. The highest BCUT2D eigenvalue weighted by atomic mass is 32.2. The molecule has 3 fully saturated rings. The van der Waals surface area contributed by atoms with Crippen LogP contribution in [0.2, 0.25) is 0 Å². The van der Waals surface area contributed by atoms with E-state index in [1.165, 1.54) is 0 Å². The summed E-state index contributed by atoms with van der Waals surface area (Å²) in [6.07, 6.45) is 2.39. The van der Waals surface area contributed by atoms with Crippen LogP contribution >= 0.6 is 11.8 Å². The highest BCUT2D eigenvalue weighted by Crippen LogP contribution is 2.36. The summed E-state index contributed by atoms with van der Waals surface area (Å²) in [5.41, 5.74) is 5.82. The number of hydrogen-bond donors (Lipinski definition) is 3. The molecule has 130 valence electrons. The van der Waals surface area contributed by atoms with Crippen LogP contribution in [-0.4, -0.2) is 58.4 Å². The Kier molecular flexibility index (Phi) is 4.96. The van der Waals surface area contributed by atoms with E-state index in [1.807, 2.05) is 6.07 Å². The lowest BCUT2D eigenvalue weighted by Crippen LogP contribution is -2.58. The summed E-state index contributed by atoms with van der Waals surface area (Å²) in [5, 5.41) is 14.7. The average molecular weight is 351 g/mol. The number of carbonyl (C=O) groups is 3. The third kappa shape index (κ3) is 3.21. The lowest BCUT2D eigenvalue weighted by molar-refractivity contribution is -0.143. The molecule has 3 rings (SSSR count). The smallest absolute Gasteiger partial charge is 0.244 e. The molecule has 0 bridgehead atoms. The van der Waals surface area contributed by atoms with Gasteiger partial charge in [0.05, 0.1) is 17.5 Å². The highest BCUT2D eigenvalue weighted by molar-refractivity contribution is 8.00. The Morgan fingerprint density at radius 3 is 2.92 bits per heavy atom. The van der Waals surface area contributed by atoms with E-state index in [9.17, 15) is 19.6 Å². The quantitative estimate of drug-likeness (QED) is 0.590. The summed E-state index contributed by atoms with van der Waals surface area (Å²) in [6.45, 7) is 0.608. The predicted molar refractivity (Wildman–Crippen MR) is 87.4 cm³/mol. The van der Waals surface area contributed by atoms with E-state index < -0.39 is 18.1 Å². The van der Waals surface area contributed by atoms with Gasteiger partial charge in [0, 0.05) is 18.2 Å². The Balaban J connectivity index is 1.62. The third-order valence-electron chi connectivity index (χ3n) is 4.85. The number of nitrogens with one attached hydrogen (secondary N) is 2. The molecule has 24 heavy (non-hydrogen) atoms. The minimum atomic E-state index is -0.732. The molecule has 4 N–H and O–H groups in total. The molecule has 0 aromatic rings. The van der Waals surface area contributed by atoms with Crippen LogP contribution in [0.3, 0.4) is 0 Å². The maximum atomic E-state index is 12.6. The Labute approximate surface area is 144 Å². The van der Waals surface area contributed by atoms with Crippen LogP contribution in [0.4, 0.5) is 0 Å². The third-order valence-corrected chi connectivity index (χ3v) is 6.20. The number of carbonyl (C=O) groups excluding carboxylic acids is 3. The number of fused-ring (bicyclic) bond motifs is 1. The predicted octanol–water partition coefficient (Wildman–Crippen LogP) is -1.09. The highest BCUT2D eigenvalue weighted by Gasteiger charge is 2.46. The molecule has 8 nitrogen and oxygen atoms in total. The van der Waals surface area contributed by atoms with Gasteiger partial charge in [-0.25, -0.2) is 0 Å². The fourth-order valence-corrected chi connectivity index (χ4v) is 4.92. The summed E-state index contributed by atoms with van der Waals surface area (Å²) < 4.78 is 0. The van der Waals surface area contributed by atoms with E-state index in [-0.39, 0.29) is 29.0 Å². The van der Waals surface area contributed by atoms with Crippen LogP contribution in [0.5, 0.6) is 0 Å². The maximum absolute atomic E-state index is 12.6. The standard InChI is InChI=1S/C15H21N5O3S/c16-6-9(5-8-3-4-18-13(8)21)19-14(22)11-7-24-12-2-1-10(17)15(23)20(11)12/h8-12H,1-5,7,17H2,(H,18,21)(H,19,22)/t8?,9-,10?,11?,12?/m0/s1. The van der Waals surface area contributed by atoms with Crippen LogP contribution in [-0.2, 0) is 14.4 Å². The van der Waals surface area contributed by atoms with Crippen molar-refractivity contribution in [1.29, 1.82) is 5.26 Å². The van der Waals surface area contributed by atoms with Crippen molar-refractivity contribution in [2.75, 3.05) is 12.3 Å². The summed E-state index contributed by atoms with van der Waals surface area (Å²) in [6, 6.07) is 0.174. The first-order valence-corrected chi connectivity index (χ1v) is 9.23. The van der Waals surface area contributed by atoms with Gasteiger partial charge in [-0.05, 0) is 25.7 Å². The molecule has 3 aliphatic heterocycles. The van der Waals surface area contributed by atoms with Gasteiger partial charge in [-0.3, -0.25) is 14.4 Å². The van der Waals surface area contributed by atoms with Crippen LogP contribution < -0.4 is 16.4 Å². The summed E-state index contributed by atoms with van der Waals surface area (Å²) in [4.78, 5) is 38.1. The lowest BCUT2D eigenvalue weighted by atomic mass is 9.98. The zero-order valence-corrected chi connectivity index (χ0v) is 14.1. The van der Waals surface area contributed by atoms with Gasteiger partial charge >= 0.3 is 0 Å². The summed E-state index contributed by atoms with van der Waals surface area (Å²) >= 11 is 1.58. The van der Waals surface area contributed by atoms with Crippen molar-refractivity contribution in [2.45, 2.75) is 49.2 Å². The average Bonchev–Trinajstić information content (AvgIpc) is 3.17. The molecular formula is C15H21N5O3S. The molecule has 0 aromatic carbocycles. The molecule has 0 aromatic heterocycles. The number of thioether (sulfide) groups is 1. The summed E-state index contributed by atoms with van der Waals surface area (Å²) in [7, 11) is 0. The number of amides is 3. The SMILES string of the molecule is N#C[C@H](CC1CCNC1=O)NC(=O)C1CSC2CCC(N)C(=O)N21. The van der Waals surface area contributed by atoms with E-state index in [0.717, 1.165) is 6.42 Å². The number of nitriles is 1. The van der Waals surface area contributed by atoms with Gasteiger partial charge in [-0.15, -0.1) is 11.8 Å². The second kappa shape index (κ2) is 6.99. The van der Waals surface area contributed by atoms with Crippen LogP contribution in [0.15, 0.2) is 0 Å². The van der Waals surface area contributed by atoms with Crippen LogP contribution in [0, 0.1) is 17.2 Å². The molecular weight excluding hydrogens is 330 g/mol. The Hall–Kier alpha value is -1.79. The van der Waals surface area contributed by atoms with Crippen molar-refractivity contribution in [3.63, 3.8) is 0 Å². The van der Waals surface area contributed by atoms with Gasteiger partial charge in [-0.2, -0.15) is 5.26 Å². The van der Waals surface area contributed by atoms with Gasteiger partial charge in [-0.1, -0.05) is 0 Å². The minimum absolute atomic E-state index is 0.00537. The Bertz CT molecular complexity index is 592. The molecule has 3 saturated heterocycles. The number of hydrogen-bond acceptors (Lipinski definition) is 6. The number of nitrogens with two attached hydrogens (primary N) is 1. The van der Waals surface area contributed by atoms with Crippen molar-refractivity contribution < 1.29 is 14.4 Å². The van der Waals surface area contributed by atoms with E-state index in [0.29, 0.717) is 31.6 Å². The van der Waals surface area contributed by atoms with Gasteiger partial charge in [0.25, 0.3) is 0 Å². The van der Waals surface area contributed by atoms with Crippen molar-refractivity contribution in [1.82, 2.24) is 15.5 Å². The van der Waals surface area contributed by atoms with Crippen molar-refractivity contribution >= 4 is 29.5 Å². The molecule has 3 aliphatic rings. The second-order valence-electron chi connectivity index (χ2n) is 6.44. The molecule has 0 saturated carbocycles. The van der Waals surface area contributed by atoms with E-state index in [1.54, 1.807) is 16.7 Å². The first-order chi connectivity index (χ1) is 11.5. The normalized spacial score (nSPS) is 33.6. The van der Waals surface area contributed by atoms with E-state index >= 15 is 0 Å². The van der Waals surface area contributed by atoms with Gasteiger partial charge in [0.2, 0.25) is 17.7 Å². The molecule has 0 aliphatic carbocycles. The topological polar surface area (TPSA) is 128 Å². The molecule has 3 heterocycles. The van der Waals surface area contributed by atoms with Crippen molar-refractivity contribution in [3.05, 3.63) is 0 Å². The molecule has 3 amide bonds. The van der Waals surface area contributed by atoms with Gasteiger partial charge in [0.15, 0.2) is 0 Å². The molecule has 0 spiro atoms. The van der Waals surface area contributed by atoms with Crippen molar-refractivity contribution in [2.24, 2.45) is 11.7 Å². The number of piperidine rings is 1. The largest absolute Gasteiger partial charge is 0.356 e. The van der Waals surface area contributed by atoms with Crippen molar-refractivity contribution in [3.8, 4) is 6.07 Å². The monoisotopic (exact) mass is 351 g/mol. The van der Waals surface area contributed by atoms with E-state index in [4.69, 9.17) is 5.73 Å². The maximum Gasteiger partial charge on any atom is 0.244 e. The zero-order chi connectivity index (χ0) is 17.3. The fourth-order valence-electron chi connectivity index (χ4n) is 3.49.